The van der Waals surface area contributed by atoms with Crippen molar-refractivity contribution in [3.05, 3.63) is 48.5 Å². The predicted octanol–water partition coefficient (Wildman–Crippen LogP) is 2.81. The van der Waals surface area contributed by atoms with Crippen molar-refractivity contribution in [3.63, 3.8) is 0 Å². The molecule has 0 aliphatic heterocycles. The van der Waals surface area contributed by atoms with E-state index < -0.39 is 10.0 Å². The van der Waals surface area contributed by atoms with Gasteiger partial charge in [0.15, 0.2) is 6.61 Å². The van der Waals surface area contributed by atoms with Gasteiger partial charge in [0.05, 0.1) is 12.0 Å². The van der Waals surface area contributed by atoms with Crippen LogP contribution in [-0.2, 0) is 14.8 Å². The molecular formula is C20H26N2O5S. The zero-order valence-corrected chi connectivity index (χ0v) is 17.3. The van der Waals surface area contributed by atoms with E-state index in [0.717, 1.165) is 0 Å². The van der Waals surface area contributed by atoms with Crippen molar-refractivity contribution >= 4 is 21.6 Å². The second-order valence-electron chi connectivity index (χ2n) is 6.34. The van der Waals surface area contributed by atoms with E-state index in [9.17, 15) is 13.2 Å². The van der Waals surface area contributed by atoms with Gasteiger partial charge in [-0.05, 0) is 49.7 Å². The Hall–Kier alpha value is -2.58. The largest absolute Gasteiger partial charge is 0.497 e. The van der Waals surface area contributed by atoms with Crippen LogP contribution in [0.5, 0.6) is 11.5 Å². The van der Waals surface area contributed by atoms with Crippen molar-refractivity contribution in [2.24, 2.45) is 0 Å². The first-order chi connectivity index (χ1) is 13.3. The first-order valence-electron chi connectivity index (χ1n) is 8.92. The number of sulfonamides is 1. The number of methoxy groups -OCH3 is 1. The van der Waals surface area contributed by atoms with E-state index in [1.54, 1.807) is 45.3 Å². The molecule has 0 unspecified atom stereocenters. The maximum atomic E-state index is 12.4. The van der Waals surface area contributed by atoms with Crippen LogP contribution in [0.4, 0.5) is 5.69 Å². The number of amides is 1. The van der Waals surface area contributed by atoms with E-state index in [4.69, 9.17) is 9.47 Å². The molecule has 0 bridgehead atoms. The Morgan fingerprint density at radius 1 is 1.14 bits per heavy atom. The van der Waals surface area contributed by atoms with Crippen molar-refractivity contribution in [1.82, 2.24) is 4.72 Å². The van der Waals surface area contributed by atoms with Gasteiger partial charge >= 0.3 is 0 Å². The van der Waals surface area contributed by atoms with Gasteiger partial charge in [-0.25, -0.2) is 13.1 Å². The molecule has 7 nitrogen and oxygen atoms in total. The number of hydrogen-bond donors (Lipinski definition) is 1. The maximum absolute atomic E-state index is 12.4. The maximum Gasteiger partial charge on any atom is 0.264 e. The second kappa shape index (κ2) is 9.57. The lowest BCUT2D eigenvalue weighted by molar-refractivity contribution is -0.120. The Kier molecular flexibility index (Phi) is 7.42. The normalized spacial score (nSPS) is 12.3. The molecule has 0 fully saturated rings. The molecule has 1 N–H and O–H groups in total. The van der Waals surface area contributed by atoms with Crippen LogP contribution in [-0.4, -0.2) is 41.1 Å². The van der Waals surface area contributed by atoms with Gasteiger partial charge in [0.2, 0.25) is 10.0 Å². The summed E-state index contributed by atoms with van der Waals surface area (Å²) in [6, 6.07) is 13.0. The highest BCUT2D eigenvalue weighted by molar-refractivity contribution is 7.89. The SMILES string of the molecule is CC[C@H](C)NS(=O)(=O)c1ccc(OCC(=O)N(C)c2cccc(OC)c2)cc1. The van der Waals surface area contributed by atoms with Crippen molar-refractivity contribution in [3.8, 4) is 11.5 Å². The van der Waals surface area contributed by atoms with E-state index in [2.05, 4.69) is 4.72 Å². The number of rotatable bonds is 9. The third kappa shape index (κ3) is 5.71. The lowest BCUT2D eigenvalue weighted by Gasteiger charge is -2.18. The molecule has 0 aromatic heterocycles. The third-order valence-electron chi connectivity index (χ3n) is 4.28. The summed E-state index contributed by atoms with van der Waals surface area (Å²) < 4.78 is 37.8. The fourth-order valence-electron chi connectivity index (χ4n) is 2.34. The summed E-state index contributed by atoms with van der Waals surface area (Å²) in [5.74, 6) is 0.819. The number of nitrogens with zero attached hydrogens (tertiary/aromatic N) is 1. The summed E-state index contributed by atoms with van der Waals surface area (Å²) >= 11 is 0. The van der Waals surface area contributed by atoms with Crippen molar-refractivity contribution in [1.29, 1.82) is 0 Å². The lowest BCUT2D eigenvalue weighted by atomic mass is 10.3. The van der Waals surface area contributed by atoms with Crippen LogP contribution in [0.25, 0.3) is 0 Å². The highest BCUT2D eigenvalue weighted by Gasteiger charge is 2.17. The molecule has 1 atom stereocenters. The van der Waals surface area contributed by atoms with Gasteiger partial charge in [0.25, 0.3) is 5.91 Å². The molecule has 0 aliphatic rings. The Morgan fingerprint density at radius 2 is 1.82 bits per heavy atom. The first kappa shape index (κ1) is 21.7. The van der Waals surface area contributed by atoms with Crippen LogP contribution in [0.1, 0.15) is 20.3 Å². The number of carbonyl (C=O) groups is 1. The Balaban J connectivity index is 1.98. The summed E-state index contributed by atoms with van der Waals surface area (Å²) in [5, 5.41) is 0. The highest BCUT2D eigenvalue weighted by Crippen LogP contribution is 2.21. The second-order valence-corrected chi connectivity index (χ2v) is 8.06. The highest BCUT2D eigenvalue weighted by atomic mass is 32.2. The fraction of sp³-hybridized carbons (Fsp3) is 0.350. The van der Waals surface area contributed by atoms with Gasteiger partial charge in [-0.1, -0.05) is 13.0 Å². The van der Waals surface area contributed by atoms with Gasteiger partial charge in [0.1, 0.15) is 11.5 Å². The summed E-state index contributed by atoms with van der Waals surface area (Å²) in [5.41, 5.74) is 0.686. The van der Waals surface area contributed by atoms with E-state index in [1.807, 2.05) is 6.92 Å². The van der Waals surface area contributed by atoms with Crippen molar-refractivity contribution < 1.29 is 22.7 Å². The minimum absolute atomic E-state index is 0.148. The molecule has 1 amide bonds. The molecule has 0 spiro atoms. The molecule has 28 heavy (non-hydrogen) atoms. The van der Waals surface area contributed by atoms with Gasteiger partial charge in [-0.15, -0.1) is 0 Å². The molecule has 0 heterocycles. The quantitative estimate of drug-likeness (QED) is 0.692. The minimum Gasteiger partial charge on any atom is -0.497 e. The molecule has 2 aromatic carbocycles. The summed E-state index contributed by atoms with van der Waals surface area (Å²) in [7, 11) is -0.357. The molecule has 2 rings (SSSR count). The van der Waals surface area contributed by atoms with E-state index in [-0.39, 0.29) is 23.5 Å². The summed E-state index contributed by atoms with van der Waals surface area (Å²) in [6.45, 7) is 3.54. The topological polar surface area (TPSA) is 84.9 Å². The number of ether oxygens (including phenoxy) is 2. The zero-order valence-electron chi connectivity index (χ0n) is 16.5. The van der Waals surface area contributed by atoms with Crippen LogP contribution in [0.15, 0.2) is 53.4 Å². The third-order valence-corrected chi connectivity index (χ3v) is 5.89. The lowest BCUT2D eigenvalue weighted by Crippen LogP contribution is -2.32. The van der Waals surface area contributed by atoms with Crippen LogP contribution in [0, 0.1) is 0 Å². The standard InChI is InChI=1S/C20H26N2O5S/c1-5-15(2)21-28(24,25)19-11-9-17(10-12-19)27-14-20(23)22(3)16-7-6-8-18(13-16)26-4/h6-13,15,21H,5,14H2,1-4H3/t15-/m0/s1. The number of hydrogen-bond acceptors (Lipinski definition) is 5. The zero-order chi connectivity index (χ0) is 20.7. The number of carbonyl (C=O) groups excluding carboxylic acids is 1. The Morgan fingerprint density at radius 3 is 2.43 bits per heavy atom. The average molecular weight is 407 g/mol. The number of anilines is 1. The molecule has 0 saturated heterocycles. The van der Waals surface area contributed by atoms with Gasteiger partial charge in [0, 0.05) is 24.8 Å². The molecule has 2 aromatic rings. The van der Waals surface area contributed by atoms with Crippen LogP contribution >= 0.6 is 0 Å². The minimum atomic E-state index is -3.57. The monoisotopic (exact) mass is 406 g/mol. The van der Waals surface area contributed by atoms with Crippen molar-refractivity contribution in [2.45, 2.75) is 31.2 Å². The Bertz CT molecular complexity index is 897. The molecule has 0 radical (unpaired) electrons. The van der Waals surface area contributed by atoms with E-state index >= 15 is 0 Å². The van der Waals surface area contributed by atoms with Crippen LogP contribution < -0.4 is 19.1 Å². The van der Waals surface area contributed by atoms with Crippen LogP contribution in [0.3, 0.4) is 0 Å². The molecule has 0 saturated carbocycles. The summed E-state index contributed by atoms with van der Waals surface area (Å²) in [6.07, 6.45) is 0.698. The van der Waals surface area contributed by atoms with E-state index in [1.165, 1.54) is 29.2 Å². The first-order valence-corrected chi connectivity index (χ1v) is 10.4. The molecule has 8 heteroatoms. The molecule has 0 aliphatic carbocycles. The average Bonchev–Trinajstić information content (AvgIpc) is 2.71. The molecular weight excluding hydrogens is 380 g/mol. The van der Waals surface area contributed by atoms with E-state index in [0.29, 0.717) is 23.6 Å². The number of nitrogens with one attached hydrogen (secondary N) is 1. The fourth-order valence-corrected chi connectivity index (χ4v) is 3.66. The summed E-state index contributed by atoms with van der Waals surface area (Å²) in [4.78, 5) is 14.0. The number of likely N-dealkylation sites (N-methyl/N-ethyl adjacent to an activating group) is 1. The van der Waals surface area contributed by atoms with Gasteiger partial charge in [-0.3, -0.25) is 4.79 Å². The number of benzene rings is 2. The van der Waals surface area contributed by atoms with Gasteiger partial charge < -0.3 is 14.4 Å². The molecule has 152 valence electrons. The smallest absolute Gasteiger partial charge is 0.264 e. The van der Waals surface area contributed by atoms with Crippen molar-refractivity contribution in [2.75, 3.05) is 25.7 Å². The Labute approximate surface area is 166 Å². The van der Waals surface area contributed by atoms with Crippen LogP contribution in [0.2, 0.25) is 0 Å². The van der Waals surface area contributed by atoms with Gasteiger partial charge in [-0.2, -0.15) is 0 Å². The predicted molar refractivity (Wildman–Crippen MR) is 108 cm³/mol.